The number of halogens is 4. The van der Waals surface area contributed by atoms with Gasteiger partial charge in [0.05, 0.1) is 0 Å². The Morgan fingerprint density at radius 3 is 2.47 bits per heavy atom. The van der Waals surface area contributed by atoms with Crippen LogP contribution >= 0.6 is 0 Å². The maximum atomic E-state index is 13.0. The van der Waals surface area contributed by atoms with E-state index in [-0.39, 0.29) is 18.3 Å². The predicted molar refractivity (Wildman–Crippen MR) is 67.6 cm³/mol. The zero-order valence-corrected chi connectivity index (χ0v) is 11.1. The van der Waals surface area contributed by atoms with Gasteiger partial charge in [0.2, 0.25) is 0 Å². The lowest BCUT2D eigenvalue weighted by Crippen LogP contribution is -2.32. The van der Waals surface area contributed by atoms with E-state index in [0.29, 0.717) is 13.0 Å². The number of nitrogens with one attached hydrogen (secondary N) is 1. The summed E-state index contributed by atoms with van der Waals surface area (Å²) in [4.78, 5) is 0. The van der Waals surface area contributed by atoms with Crippen LogP contribution < -0.4 is 5.32 Å². The van der Waals surface area contributed by atoms with E-state index in [1.54, 1.807) is 13.0 Å². The Hall–Kier alpha value is -1.10. The van der Waals surface area contributed by atoms with Crippen LogP contribution in [0, 0.1) is 12.7 Å². The van der Waals surface area contributed by atoms with E-state index in [1.165, 1.54) is 12.1 Å². The van der Waals surface area contributed by atoms with E-state index in [4.69, 9.17) is 0 Å². The predicted octanol–water partition coefficient (Wildman–Crippen LogP) is 4.00. The van der Waals surface area contributed by atoms with Gasteiger partial charge in [-0.05, 0) is 49.6 Å². The van der Waals surface area contributed by atoms with E-state index in [0.717, 1.165) is 11.1 Å². The lowest BCUT2D eigenvalue weighted by atomic mass is 9.98. The molecule has 0 aliphatic rings. The molecule has 0 heterocycles. The first-order valence-electron chi connectivity index (χ1n) is 6.37. The first-order valence-corrected chi connectivity index (χ1v) is 6.37. The lowest BCUT2D eigenvalue weighted by Gasteiger charge is -2.20. The summed E-state index contributed by atoms with van der Waals surface area (Å²) in [6, 6.07) is 4.15. The van der Waals surface area contributed by atoms with Crippen LogP contribution in [0.3, 0.4) is 0 Å². The molecule has 1 atom stereocenters. The van der Waals surface area contributed by atoms with Crippen molar-refractivity contribution in [2.75, 3.05) is 6.54 Å². The molecule has 1 unspecified atom stereocenters. The smallest absolute Gasteiger partial charge is 0.314 e. The monoisotopic (exact) mass is 277 g/mol. The van der Waals surface area contributed by atoms with Crippen LogP contribution in [0.5, 0.6) is 0 Å². The maximum absolute atomic E-state index is 13.0. The first kappa shape index (κ1) is 16.0. The standard InChI is InChI=1S/C14H19F4N/c1-3-19-13(6-7-14(16,17)18)9-11-4-5-12(15)8-10(11)2/h4-5,8,13,19H,3,6-7,9H2,1-2H3. The second-order valence-corrected chi connectivity index (χ2v) is 4.68. The third-order valence-electron chi connectivity index (χ3n) is 3.04. The van der Waals surface area contributed by atoms with Crippen molar-refractivity contribution in [1.82, 2.24) is 5.32 Å². The third-order valence-corrected chi connectivity index (χ3v) is 3.04. The van der Waals surface area contributed by atoms with E-state index in [9.17, 15) is 17.6 Å². The van der Waals surface area contributed by atoms with E-state index in [1.807, 2.05) is 6.92 Å². The van der Waals surface area contributed by atoms with Gasteiger partial charge in [0, 0.05) is 12.5 Å². The maximum Gasteiger partial charge on any atom is 0.389 e. The molecular weight excluding hydrogens is 258 g/mol. The number of hydrogen-bond acceptors (Lipinski definition) is 1. The second-order valence-electron chi connectivity index (χ2n) is 4.68. The lowest BCUT2D eigenvalue weighted by molar-refractivity contribution is -0.136. The highest BCUT2D eigenvalue weighted by atomic mass is 19.4. The fraction of sp³-hybridized carbons (Fsp3) is 0.571. The number of likely N-dealkylation sites (N-methyl/N-ethyl adjacent to an activating group) is 1. The topological polar surface area (TPSA) is 12.0 Å². The molecule has 0 saturated carbocycles. The van der Waals surface area contributed by atoms with Crippen molar-refractivity contribution in [1.29, 1.82) is 0 Å². The molecule has 0 amide bonds. The highest BCUT2D eigenvalue weighted by Crippen LogP contribution is 2.23. The molecule has 1 aromatic carbocycles. The minimum Gasteiger partial charge on any atom is -0.314 e. The highest BCUT2D eigenvalue weighted by molar-refractivity contribution is 5.27. The van der Waals surface area contributed by atoms with Crippen molar-refractivity contribution in [2.45, 2.75) is 45.3 Å². The van der Waals surface area contributed by atoms with Crippen LogP contribution in [0.25, 0.3) is 0 Å². The highest BCUT2D eigenvalue weighted by Gasteiger charge is 2.28. The normalized spacial score (nSPS) is 13.6. The second kappa shape index (κ2) is 6.89. The molecule has 0 aliphatic carbocycles. The first-order chi connectivity index (χ1) is 8.81. The van der Waals surface area contributed by atoms with Gasteiger partial charge in [-0.25, -0.2) is 4.39 Å². The molecule has 1 nitrogen and oxygen atoms in total. The summed E-state index contributed by atoms with van der Waals surface area (Å²) in [6.07, 6.45) is -4.42. The van der Waals surface area contributed by atoms with Gasteiger partial charge < -0.3 is 5.32 Å². The number of aryl methyl sites for hydroxylation is 1. The largest absolute Gasteiger partial charge is 0.389 e. The van der Waals surface area contributed by atoms with E-state index >= 15 is 0 Å². The summed E-state index contributed by atoms with van der Waals surface area (Å²) in [5.41, 5.74) is 1.66. The van der Waals surface area contributed by atoms with Crippen LogP contribution in [-0.2, 0) is 6.42 Å². The van der Waals surface area contributed by atoms with Crippen molar-refractivity contribution in [3.8, 4) is 0 Å². The summed E-state index contributed by atoms with van der Waals surface area (Å²) in [6.45, 7) is 4.24. The van der Waals surface area contributed by atoms with Gasteiger partial charge in [-0.15, -0.1) is 0 Å². The zero-order valence-electron chi connectivity index (χ0n) is 11.1. The van der Waals surface area contributed by atoms with Gasteiger partial charge in [-0.1, -0.05) is 13.0 Å². The SMILES string of the molecule is CCNC(CCC(F)(F)F)Cc1ccc(F)cc1C. The van der Waals surface area contributed by atoms with Crippen LogP contribution in [-0.4, -0.2) is 18.8 Å². The van der Waals surface area contributed by atoms with Crippen molar-refractivity contribution < 1.29 is 17.6 Å². The van der Waals surface area contributed by atoms with E-state index < -0.39 is 12.6 Å². The molecule has 0 bridgehead atoms. The summed E-state index contributed by atoms with van der Waals surface area (Å²) in [5.74, 6) is -0.323. The summed E-state index contributed by atoms with van der Waals surface area (Å²) in [7, 11) is 0. The van der Waals surface area contributed by atoms with Gasteiger partial charge in [0.25, 0.3) is 0 Å². The Balaban J connectivity index is 2.67. The summed E-state index contributed by atoms with van der Waals surface area (Å²) < 4.78 is 49.7. The number of hydrogen-bond donors (Lipinski definition) is 1. The molecule has 0 saturated heterocycles. The minimum atomic E-state index is -4.13. The van der Waals surface area contributed by atoms with Crippen LogP contribution in [0.15, 0.2) is 18.2 Å². The van der Waals surface area contributed by atoms with Crippen molar-refractivity contribution in [3.63, 3.8) is 0 Å². The van der Waals surface area contributed by atoms with Gasteiger partial charge in [0.1, 0.15) is 5.82 Å². The molecule has 5 heteroatoms. The minimum absolute atomic E-state index is 0.0359. The molecule has 1 N–H and O–H groups in total. The molecule has 1 rings (SSSR count). The number of alkyl halides is 3. The van der Waals surface area contributed by atoms with Gasteiger partial charge in [-0.3, -0.25) is 0 Å². The van der Waals surface area contributed by atoms with Crippen molar-refractivity contribution >= 4 is 0 Å². The molecular formula is C14H19F4N. The number of rotatable bonds is 6. The summed E-state index contributed by atoms with van der Waals surface area (Å²) >= 11 is 0. The van der Waals surface area contributed by atoms with E-state index in [2.05, 4.69) is 5.32 Å². The Morgan fingerprint density at radius 2 is 1.95 bits per heavy atom. The molecule has 0 aromatic heterocycles. The fourth-order valence-corrected chi connectivity index (χ4v) is 2.06. The number of benzene rings is 1. The average molecular weight is 277 g/mol. The Kier molecular flexibility index (Phi) is 5.79. The quantitative estimate of drug-likeness (QED) is 0.775. The van der Waals surface area contributed by atoms with Crippen LogP contribution in [0.2, 0.25) is 0 Å². The van der Waals surface area contributed by atoms with Gasteiger partial charge in [0.15, 0.2) is 0 Å². The fourth-order valence-electron chi connectivity index (χ4n) is 2.06. The van der Waals surface area contributed by atoms with Crippen molar-refractivity contribution in [3.05, 3.63) is 35.1 Å². The Labute approximate surface area is 111 Å². The van der Waals surface area contributed by atoms with Crippen LogP contribution in [0.1, 0.15) is 30.9 Å². The zero-order chi connectivity index (χ0) is 14.5. The molecule has 0 fully saturated rings. The molecule has 108 valence electrons. The average Bonchev–Trinajstić information content (AvgIpc) is 2.28. The molecule has 0 aliphatic heterocycles. The third kappa shape index (κ3) is 6.05. The Morgan fingerprint density at radius 1 is 1.26 bits per heavy atom. The molecule has 0 radical (unpaired) electrons. The Bertz CT molecular complexity index is 401. The van der Waals surface area contributed by atoms with Gasteiger partial charge in [-0.2, -0.15) is 13.2 Å². The van der Waals surface area contributed by atoms with Gasteiger partial charge >= 0.3 is 6.18 Å². The van der Waals surface area contributed by atoms with Crippen LogP contribution in [0.4, 0.5) is 17.6 Å². The molecule has 0 spiro atoms. The molecule has 19 heavy (non-hydrogen) atoms. The van der Waals surface area contributed by atoms with Crippen molar-refractivity contribution in [2.24, 2.45) is 0 Å². The molecule has 1 aromatic rings. The summed E-state index contributed by atoms with van der Waals surface area (Å²) in [5, 5.41) is 3.05.